The molecule has 0 spiro atoms. The lowest BCUT2D eigenvalue weighted by Gasteiger charge is -2.18. The van der Waals surface area contributed by atoms with Crippen LogP contribution in [0.5, 0.6) is 0 Å². The number of benzene rings is 1. The number of aromatic nitrogens is 2. The van der Waals surface area contributed by atoms with Gasteiger partial charge in [-0.3, -0.25) is 9.89 Å². The van der Waals surface area contributed by atoms with E-state index in [2.05, 4.69) is 31.4 Å². The minimum atomic E-state index is -0.157. The fraction of sp³-hybridized carbons (Fsp3) is 0.286. The van der Waals surface area contributed by atoms with Crippen molar-refractivity contribution in [3.8, 4) is 0 Å². The second-order valence-electron chi connectivity index (χ2n) is 4.82. The van der Waals surface area contributed by atoms with Gasteiger partial charge in [0.2, 0.25) is 0 Å². The number of nitrogens with one attached hydrogen (secondary N) is 2. The summed E-state index contributed by atoms with van der Waals surface area (Å²) >= 11 is 3.42. The molecule has 2 N–H and O–H groups in total. The second kappa shape index (κ2) is 5.66. The maximum absolute atomic E-state index is 12.4. The van der Waals surface area contributed by atoms with Crippen LogP contribution < -0.4 is 10.2 Å². The van der Waals surface area contributed by atoms with E-state index in [0.29, 0.717) is 11.3 Å². The third kappa shape index (κ3) is 2.85. The summed E-state index contributed by atoms with van der Waals surface area (Å²) in [4.78, 5) is 14.4. The number of carbonyl (C=O) groups is 1. The quantitative estimate of drug-likeness (QED) is 0.905. The van der Waals surface area contributed by atoms with E-state index in [9.17, 15) is 4.79 Å². The van der Waals surface area contributed by atoms with Crippen LogP contribution in [-0.2, 0) is 0 Å². The summed E-state index contributed by atoms with van der Waals surface area (Å²) in [6.45, 7) is 3.65. The first kappa shape index (κ1) is 14.6. The van der Waals surface area contributed by atoms with Crippen molar-refractivity contribution >= 4 is 33.2 Å². The molecule has 6 heteroatoms. The predicted molar refractivity (Wildman–Crippen MR) is 84.5 cm³/mol. The van der Waals surface area contributed by atoms with Crippen molar-refractivity contribution in [3.63, 3.8) is 0 Å². The van der Waals surface area contributed by atoms with Crippen molar-refractivity contribution in [1.82, 2.24) is 10.2 Å². The normalized spacial score (nSPS) is 10.4. The molecular weight excluding hydrogens is 320 g/mol. The number of nitrogens with zero attached hydrogens (tertiary/aromatic N) is 2. The molecule has 20 heavy (non-hydrogen) atoms. The average Bonchev–Trinajstić information content (AvgIpc) is 2.68. The Morgan fingerprint density at radius 3 is 2.60 bits per heavy atom. The van der Waals surface area contributed by atoms with E-state index in [0.717, 1.165) is 21.5 Å². The summed E-state index contributed by atoms with van der Waals surface area (Å²) in [5.41, 5.74) is 3.76. The first-order chi connectivity index (χ1) is 9.40. The fourth-order valence-electron chi connectivity index (χ4n) is 2.07. The molecule has 0 aliphatic heterocycles. The van der Waals surface area contributed by atoms with E-state index in [4.69, 9.17) is 0 Å². The molecule has 1 heterocycles. The summed E-state index contributed by atoms with van der Waals surface area (Å²) < 4.78 is 0.916. The van der Waals surface area contributed by atoms with Gasteiger partial charge in [-0.05, 0) is 32.0 Å². The fourth-order valence-corrected chi connectivity index (χ4v) is 2.43. The zero-order valence-corrected chi connectivity index (χ0v) is 13.5. The van der Waals surface area contributed by atoms with Crippen LogP contribution in [0.2, 0.25) is 0 Å². The molecule has 106 valence electrons. The van der Waals surface area contributed by atoms with Gasteiger partial charge in [-0.1, -0.05) is 15.9 Å². The predicted octanol–water partition coefficient (Wildman–Crippen LogP) is 3.11. The van der Waals surface area contributed by atoms with Gasteiger partial charge in [-0.2, -0.15) is 5.10 Å². The third-order valence-corrected chi connectivity index (χ3v) is 3.54. The van der Waals surface area contributed by atoms with Gasteiger partial charge in [0.1, 0.15) is 0 Å². The highest BCUT2D eigenvalue weighted by molar-refractivity contribution is 9.10. The maximum Gasteiger partial charge on any atom is 0.259 e. The summed E-state index contributed by atoms with van der Waals surface area (Å²) in [6.07, 6.45) is 0. The van der Waals surface area contributed by atoms with Crippen molar-refractivity contribution in [2.75, 3.05) is 24.3 Å². The Morgan fingerprint density at radius 1 is 1.35 bits per heavy atom. The van der Waals surface area contributed by atoms with Crippen LogP contribution in [0.1, 0.15) is 21.7 Å². The number of hydrogen-bond donors (Lipinski definition) is 2. The van der Waals surface area contributed by atoms with Gasteiger partial charge >= 0.3 is 0 Å². The zero-order valence-electron chi connectivity index (χ0n) is 11.9. The molecule has 0 saturated carbocycles. The molecule has 0 bridgehead atoms. The molecule has 0 radical (unpaired) electrons. The number of carbonyl (C=O) groups excluding carboxylic acids is 1. The van der Waals surface area contributed by atoms with Crippen LogP contribution in [0.3, 0.4) is 0 Å². The highest BCUT2D eigenvalue weighted by atomic mass is 79.9. The van der Waals surface area contributed by atoms with Crippen molar-refractivity contribution < 1.29 is 4.79 Å². The van der Waals surface area contributed by atoms with Gasteiger partial charge in [-0.25, -0.2) is 0 Å². The van der Waals surface area contributed by atoms with Gasteiger partial charge in [0.25, 0.3) is 5.91 Å². The Kier molecular flexibility index (Phi) is 4.13. The highest BCUT2D eigenvalue weighted by Crippen LogP contribution is 2.28. The number of aromatic amines is 1. The largest absolute Gasteiger partial charge is 0.376 e. The summed E-state index contributed by atoms with van der Waals surface area (Å²) in [5, 5.41) is 9.82. The Labute approximate surface area is 126 Å². The van der Waals surface area contributed by atoms with Crippen LogP contribution in [-0.4, -0.2) is 30.2 Å². The second-order valence-corrected chi connectivity index (χ2v) is 5.73. The van der Waals surface area contributed by atoms with Crippen molar-refractivity contribution in [1.29, 1.82) is 0 Å². The number of H-pyrrole nitrogens is 1. The Bertz CT molecular complexity index is 629. The molecule has 0 saturated heterocycles. The minimum absolute atomic E-state index is 0.157. The summed E-state index contributed by atoms with van der Waals surface area (Å²) in [6, 6.07) is 5.78. The van der Waals surface area contributed by atoms with Crippen LogP contribution >= 0.6 is 15.9 Å². The van der Waals surface area contributed by atoms with E-state index in [1.807, 2.05) is 51.0 Å². The van der Waals surface area contributed by atoms with Crippen LogP contribution in [0, 0.1) is 13.8 Å². The van der Waals surface area contributed by atoms with Crippen LogP contribution in [0.25, 0.3) is 0 Å². The smallest absolute Gasteiger partial charge is 0.259 e. The van der Waals surface area contributed by atoms with Gasteiger partial charge in [0, 0.05) is 24.3 Å². The molecule has 0 fully saturated rings. The van der Waals surface area contributed by atoms with Gasteiger partial charge in [-0.15, -0.1) is 0 Å². The number of rotatable bonds is 3. The van der Waals surface area contributed by atoms with Crippen LogP contribution in [0.15, 0.2) is 22.7 Å². The highest BCUT2D eigenvalue weighted by Gasteiger charge is 2.17. The summed E-state index contributed by atoms with van der Waals surface area (Å²) in [5.74, 6) is -0.157. The van der Waals surface area contributed by atoms with Crippen LogP contribution in [0.4, 0.5) is 11.4 Å². The number of aryl methyl sites for hydroxylation is 2. The molecule has 0 atom stereocenters. The van der Waals surface area contributed by atoms with E-state index in [-0.39, 0.29) is 5.91 Å². The Balaban J connectivity index is 2.35. The van der Waals surface area contributed by atoms with E-state index < -0.39 is 0 Å². The van der Waals surface area contributed by atoms with Crippen molar-refractivity contribution in [3.05, 3.63) is 39.6 Å². The van der Waals surface area contributed by atoms with Gasteiger partial charge in [0.05, 0.1) is 22.6 Å². The van der Waals surface area contributed by atoms with Gasteiger partial charge < -0.3 is 10.2 Å². The van der Waals surface area contributed by atoms with Gasteiger partial charge in [0.15, 0.2) is 0 Å². The van der Waals surface area contributed by atoms with E-state index >= 15 is 0 Å². The minimum Gasteiger partial charge on any atom is -0.376 e. The standard InChI is InChI=1S/C14H17BrN4O/c1-8-13(9(2)18-17-8)14(20)16-11-7-10(15)5-6-12(11)19(3)4/h5-7H,1-4H3,(H,16,20)(H,17,18). The lowest BCUT2D eigenvalue weighted by atomic mass is 10.1. The first-order valence-corrected chi connectivity index (χ1v) is 6.99. The van der Waals surface area contributed by atoms with Crippen molar-refractivity contribution in [2.45, 2.75) is 13.8 Å². The molecule has 2 rings (SSSR count). The number of halogens is 1. The first-order valence-electron chi connectivity index (χ1n) is 6.20. The maximum atomic E-state index is 12.4. The molecule has 1 aromatic heterocycles. The average molecular weight is 337 g/mol. The molecule has 5 nitrogen and oxygen atoms in total. The lowest BCUT2D eigenvalue weighted by molar-refractivity contribution is 0.102. The number of anilines is 2. The van der Waals surface area contributed by atoms with E-state index in [1.54, 1.807) is 0 Å². The molecular formula is C14H17BrN4O. The molecule has 2 aromatic rings. The SMILES string of the molecule is Cc1n[nH]c(C)c1C(=O)Nc1cc(Br)ccc1N(C)C. The zero-order chi connectivity index (χ0) is 14.9. The summed E-state index contributed by atoms with van der Waals surface area (Å²) in [7, 11) is 3.88. The Hall–Kier alpha value is -1.82. The van der Waals surface area contributed by atoms with Crippen molar-refractivity contribution in [2.24, 2.45) is 0 Å². The number of amides is 1. The lowest BCUT2D eigenvalue weighted by Crippen LogP contribution is -2.17. The molecule has 0 unspecified atom stereocenters. The Morgan fingerprint density at radius 2 is 2.05 bits per heavy atom. The molecule has 0 aliphatic carbocycles. The molecule has 1 amide bonds. The third-order valence-electron chi connectivity index (χ3n) is 3.04. The molecule has 0 aliphatic rings. The monoisotopic (exact) mass is 336 g/mol. The molecule has 1 aromatic carbocycles. The number of hydrogen-bond acceptors (Lipinski definition) is 3. The van der Waals surface area contributed by atoms with E-state index in [1.165, 1.54) is 0 Å². The topological polar surface area (TPSA) is 61.0 Å².